The smallest absolute Gasteiger partial charge is 0.305 e. The predicted molar refractivity (Wildman–Crippen MR) is 72.7 cm³/mol. The molecule has 0 radical (unpaired) electrons. The van der Waals surface area contributed by atoms with Gasteiger partial charge in [-0.25, -0.2) is 0 Å². The molecule has 1 atom stereocenters. The summed E-state index contributed by atoms with van der Waals surface area (Å²) >= 11 is 0. The number of carboxylic acid groups (broad SMARTS) is 1. The van der Waals surface area contributed by atoms with Crippen LogP contribution in [0, 0.1) is 6.92 Å². The lowest BCUT2D eigenvalue weighted by molar-refractivity contribution is -0.142. The van der Waals surface area contributed by atoms with Crippen LogP contribution in [0.15, 0.2) is 6.07 Å². The third-order valence-electron chi connectivity index (χ3n) is 3.38. The molecule has 0 spiro atoms. The van der Waals surface area contributed by atoms with Gasteiger partial charge in [-0.2, -0.15) is 5.10 Å². The minimum Gasteiger partial charge on any atom is -0.481 e. The molecule has 2 N–H and O–H groups in total. The highest BCUT2D eigenvalue weighted by atomic mass is 16.4. The Morgan fingerprint density at radius 3 is 2.86 bits per heavy atom. The maximum Gasteiger partial charge on any atom is 0.305 e. The van der Waals surface area contributed by atoms with Crippen LogP contribution in [0.4, 0.5) is 0 Å². The first-order valence-corrected chi connectivity index (χ1v) is 6.79. The lowest BCUT2D eigenvalue weighted by atomic mass is 10.1. The van der Waals surface area contributed by atoms with Gasteiger partial charge in [0.1, 0.15) is 11.7 Å². The first kappa shape index (κ1) is 15.0. The molecule has 1 unspecified atom stereocenters. The van der Waals surface area contributed by atoms with Crippen molar-refractivity contribution in [2.75, 3.05) is 13.1 Å². The van der Waals surface area contributed by atoms with E-state index in [1.807, 2.05) is 6.92 Å². The van der Waals surface area contributed by atoms with Crippen LogP contribution in [-0.4, -0.2) is 56.7 Å². The van der Waals surface area contributed by atoms with Crippen LogP contribution in [0.3, 0.4) is 0 Å². The molecule has 0 aromatic carbocycles. The summed E-state index contributed by atoms with van der Waals surface area (Å²) in [6.07, 6.45) is -0.406. The minimum absolute atomic E-state index is 0.288. The lowest BCUT2D eigenvalue weighted by Gasteiger charge is -2.34. The molecule has 2 rings (SSSR count). The van der Waals surface area contributed by atoms with Crippen molar-refractivity contribution in [1.82, 2.24) is 20.0 Å². The van der Waals surface area contributed by atoms with Crippen LogP contribution in [0.1, 0.15) is 29.5 Å². The van der Waals surface area contributed by atoms with Gasteiger partial charge in [0.15, 0.2) is 0 Å². The Bertz CT molecular complexity index is 581. The van der Waals surface area contributed by atoms with E-state index in [0.717, 1.165) is 0 Å². The van der Waals surface area contributed by atoms with Crippen molar-refractivity contribution < 1.29 is 19.5 Å². The van der Waals surface area contributed by atoms with E-state index < -0.39 is 24.3 Å². The number of hydrogen-bond acceptors (Lipinski definition) is 4. The number of carbonyl (C=O) groups is 3. The summed E-state index contributed by atoms with van der Waals surface area (Å²) in [5.74, 6) is -1.91. The van der Waals surface area contributed by atoms with Crippen molar-refractivity contribution in [2.24, 2.45) is 0 Å². The normalized spacial score (nSPS) is 18.5. The molecule has 2 amide bonds. The molecule has 21 heavy (non-hydrogen) atoms. The third-order valence-corrected chi connectivity index (χ3v) is 3.38. The summed E-state index contributed by atoms with van der Waals surface area (Å²) in [5.41, 5.74) is 1.08. The molecule has 1 fully saturated rings. The number of nitrogens with zero attached hydrogens (tertiary/aromatic N) is 3. The molecule has 0 bridgehead atoms. The maximum atomic E-state index is 12.6. The second-order valence-electron chi connectivity index (χ2n) is 4.89. The van der Waals surface area contributed by atoms with Crippen LogP contribution in [0.25, 0.3) is 0 Å². The number of piperazine rings is 1. The van der Waals surface area contributed by atoms with Gasteiger partial charge in [0.25, 0.3) is 5.91 Å². The SMILES string of the molecule is CCn1nc(C)cc1C(=O)N1CCNC(=O)C1CC(=O)O. The Balaban J connectivity index is 2.30. The van der Waals surface area contributed by atoms with E-state index in [1.54, 1.807) is 17.7 Å². The topological polar surface area (TPSA) is 105 Å². The molecular weight excluding hydrogens is 276 g/mol. The molecule has 1 aromatic rings. The van der Waals surface area contributed by atoms with E-state index in [4.69, 9.17) is 5.11 Å². The zero-order valence-corrected chi connectivity index (χ0v) is 12.0. The highest BCUT2D eigenvalue weighted by Crippen LogP contribution is 2.15. The third kappa shape index (κ3) is 3.04. The average molecular weight is 294 g/mol. The second kappa shape index (κ2) is 5.94. The van der Waals surface area contributed by atoms with Gasteiger partial charge in [-0.05, 0) is 19.9 Å². The number of carboxylic acids is 1. The molecular formula is C13H18N4O4. The summed E-state index contributed by atoms with van der Waals surface area (Å²) < 4.78 is 1.56. The van der Waals surface area contributed by atoms with Crippen LogP contribution in [0.2, 0.25) is 0 Å². The Hall–Kier alpha value is -2.38. The van der Waals surface area contributed by atoms with Gasteiger partial charge in [-0.3, -0.25) is 19.1 Å². The van der Waals surface area contributed by atoms with Crippen molar-refractivity contribution in [2.45, 2.75) is 32.9 Å². The fourth-order valence-corrected chi connectivity index (χ4v) is 2.43. The van der Waals surface area contributed by atoms with Crippen molar-refractivity contribution in [3.63, 3.8) is 0 Å². The van der Waals surface area contributed by atoms with Crippen LogP contribution in [-0.2, 0) is 16.1 Å². The predicted octanol–water partition coefficient (Wildman–Crippen LogP) is -0.373. The monoisotopic (exact) mass is 294 g/mol. The maximum absolute atomic E-state index is 12.6. The van der Waals surface area contributed by atoms with Gasteiger partial charge in [0, 0.05) is 19.6 Å². The van der Waals surface area contributed by atoms with E-state index in [9.17, 15) is 14.4 Å². The summed E-state index contributed by atoms with van der Waals surface area (Å²) in [6.45, 7) is 4.77. The Kier molecular flexibility index (Phi) is 4.25. The summed E-state index contributed by atoms with van der Waals surface area (Å²) in [6, 6.07) is 0.667. The molecule has 0 saturated carbocycles. The number of aliphatic carboxylic acids is 1. The molecule has 1 aromatic heterocycles. The zero-order chi connectivity index (χ0) is 15.6. The molecule has 8 heteroatoms. The summed E-state index contributed by atoms with van der Waals surface area (Å²) in [7, 11) is 0. The minimum atomic E-state index is -1.12. The standard InChI is InChI=1S/C13H18N4O4/c1-3-17-10(6-8(2)15-17)13(21)16-5-4-14-12(20)9(16)7-11(18)19/h6,9H,3-5,7H2,1-2H3,(H,14,20)(H,18,19). The highest BCUT2D eigenvalue weighted by molar-refractivity contribution is 5.98. The van der Waals surface area contributed by atoms with Gasteiger partial charge in [0.2, 0.25) is 5.91 Å². The average Bonchev–Trinajstić information content (AvgIpc) is 2.81. The van der Waals surface area contributed by atoms with E-state index in [-0.39, 0.29) is 12.5 Å². The van der Waals surface area contributed by atoms with Crippen LogP contribution >= 0.6 is 0 Å². The van der Waals surface area contributed by atoms with Crippen molar-refractivity contribution in [3.8, 4) is 0 Å². The zero-order valence-electron chi connectivity index (χ0n) is 12.0. The highest BCUT2D eigenvalue weighted by Gasteiger charge is 2.36. The largest absolute Gasteiger partial charge is 0.481 e. The van der Waals surface area contributed by atoms with Gasteiger partial charge >= 0.3 is 5.97 Å². The second-order valence-corrected chi connectivity index (χ2v) is 4.89. The molecule has 0 aliphatic carbocycles. The Morgan fingerprint density at radius 2 is 2.24 bits per heavy atom. The van der Waals surface area contributed by atoms with E-state index >= 15 is 0 Å². The summed E-state index contributed by atoms with van der Waals surface area (Å²) in [4.78, 5) is 36.7. The van der Waals surface area contributed by atoms with Gasteiger partial charge in [-0.15, -0.1) is 0 Å². The number of aromatic nitrogens is 2. The molecule has 114 valence electrons. The molecule has 2 heterocycles. The molecule has 1 aliphatic heterocycles. The van der Waals surface area contributed by atoms with E-state index in [1.165, 1.54) is 4.90 Å². The number of carbonyl (C=O) groups excluding carboxylic acids is 2. The fourth-order valence-electron chi connectivity index (χ4n) is 2.43. The van der Waals surface area contributed by atoms with Crippen LogP contribution in [0.5, 0.6) is 0 Å². The molecule has 1 aliphatic rings. The van der Waals surface area contributed by atoms with E-state index in [0.29, 0.717) is 24.5 Å². The molecule has 1 saturated heterocycles. The fraction of sp³-hybridized carbons (Fsp3) is 0.538. The van der Waals surface area contributed by atoms with Gasteiger partial charge in [-0.1, -0.05) is 0 Å². The number of amides is 2. The number of hydrogen-bond donors (Lipinski definition) is 2. The first-order valence-electron chi connectivity index (χ1n) is 6.79. The quantitative estimate of drug-likeness (QED) is 0.788. The number of rotatable bonds is 4. The number of nitrogens with one attached hydrogen (secondary N) is 1. The summed E-state index contributed by atoms with van der Waals surface area (Å²) in [5, 5.41) is 15.7. The van der Waals surface area contributed by atoms with E-state index in [2.05, 4.69) is 10.4 Å². The van der Waals surface area contributed by atoms with Crippen molar-refractivity contribution >= 4 is 17.8 Å². The van der Waals surface area contributed by atoms with Crippen LogP contribution < -0.4 is 5.32 Å². The first-order chi connectivity index (χ1) is 9.93. The Morgan fingerprint density at radius 1 is 1.52 bits per heavy atom. The van der Waals surface area contributed by atoms with Gasteiger partial charge in [0.05, 0.1) is 12.1 Å². The lowest BCUT2D eigenvalue weighted by Crippen LogP contribution is -2.58. The van der Waals surface area contributed by atoms with Crippen molar-refractivity contribution in [1.29, 1.82) is 0 Å². The van der Waals surface area contributed by atoms with Gasteiger partial charge < -0.3 is 15.3 Å². The number of aryl methyl sites for hydroxylation is 2. The Labute approximate surface area is 121 Å². The molecule has 8 nitrogen and oxygen atoms in total. The van der Waals surface area contributed by atoms with Crippen molar-refractivity contribution in [3.05, 3.63) is 17.5 Å².